The van der Waals surface area contributed by atoms with Gasteiger partial charge in [0.05, 0.1) is 4.92 Å². The number of nitrogens with two attached hydrogens (primary N) is 1. The molecule has 0 spiro atoms. The van der Waals surface area contributed by atoms with Crippen LogP contribution >= 0.6 is 0 Å². The largest absolute Gasteiger partial charge is 0.439 e. The molecule has 2 aromatic rings. The van der Waals surface area contributed by atoms with Gasteiger partial charge in [-0.15, -0.1) is 0 Å². The fourth-order valence-corrected chi connectivity index (χ4v) is 1.45. The van der Waals surface area contributed by atoms with Crippen LogP contribution in [0.15, 0.2) is 36.5 Å². The number of aryl methyl sites for hydroxylation is 1. The van der Waals surface area contributed by atoms with Gasteiger partial charge in [-0.25, -0.2) is 4.98 Å². The normalized spacial score (nSPS) is 10.1. The molecule has 0 saturated carbocycles. The Hall–Kier alpha value is -2.63. The predicted molar refractivity (Wildman–Crippen MR) is 66.6 cm³/mol. The summed E-state index contributed by atoms with van der Waals surface area (Å²) in [4.78, 5) is 14.2. The van der Waals surface area contributed by atoms with Crippen LogP contribution in [0.2, 0.25) is 0 Å². The van der Waals surface area contributed by atoms with E-state index in [1.165, 1.54) is 18.3 Å². The average Bonchev–Trinajstić information content (AvgIpc) is 2.31. The van der Waals surface area contributed by atoms with E-state index < -0.39 is 4.92 Å². The lowest BCUT2D eigenvalue weighted by atomic mass is 10.2. The van der Waals surface area contributed by atoms with E-state index in [2.05, 4.69) is 4.98 Å². The number of nitrogen functional groups attached to an aromatic ring is 1. The molecule has 1 heterocycles. The van der Waals surface area contributed by atoms with E-state index in [4.69, 9.17) is 10.5 Å². The summed E-state index contributed by atoms with van der Waals surface area (Å²) in [6.07, 6.45) is 1.53. The second-order valence-electron chi connectivity index (χ2n) is 3.74. The van der Waals surface area contributed by atoms with Crippen molar-refractivity contribution in [1.29, 1.82) is 0 Å². The van der Waals surface area contributed by atoms with Crippen molar-refractivity contribution in [2.45, 2.75) is 6.92 Å². The van der Waals surface area contributed by atoms with Crippen LogP contribution in [-0.4, -0.2) is 9.91 Å². The molecule has 0 fully saturated rings. The fraction of sp³-hybridized carbons (Fsp3) is 0.0833. The van der Waals surface area contributed by atoms with Crippen molar-refractivity contribution in [3.05, 3.63) is 52.2 Å². The maximum Gasteiger partial charge on any atom is 0.269 e. The summed E-state index contributed by atoms with van der Waals surface area (Å²) in [5.74, 6) is 0.866. The number of nitro benzene ring substituents is 1. The molecule has 2 N–H and O–H groups in total. The van der Waals surface area contributed by atoms with Crippen LogP contribution < -0.4 is 10.5 Å². The van der Waals surface area contributed by atoms with Gasteiger partial charge in [0.25, 0.3) is 5.69 Å². The summed E-state index contributed by atoms with van der Waals surface area (Å²) < 4.78 is 5.51. The maximum atomic E-state index is 10.6. The van der Waals surface area contributed by atoms with Crippen LogP contribution in [0.25, 0.3) is 0 Å². The number of nitrogens with zero attached hydrogens (tertiary/aromatic N) is 2. The summed E-state index contributed by atoms with van der Waals surface area (Å²) in [6.45, 7) is 1.73. The fourth-order valence-electron chi connectivity index (χ4n) is 1.45. The first-order chi connectivity index (χ1) is 8.56. The number of nitro groups is 1. The van der Waals surface area contributed by atoms with Crippen molar-refractivity contribution in [2.24, 2.45) is 0 Å². The Labute approximate surface area is 103 Å². The van der Waals surface area contributed by atoms with E-state index >= 15 is 0 Å². The van der Waals surface area contributed by atoms with Crippen molar-refractivity contribution in [1.82, 2.24) is 4.98 Å². The predicted octanol–water partition coefficient (Wildman–Crippen LogP) is 2.67. The van der Waals surface area contributed by atoms with Crippen molar-refractivity contribution < 1.29 is 9.66 Å². The molecular weight excluding hydrogens is 234 g/mol. The molecule has 0 unspecified atom stereocenters. The minimum Gasteiger partial charge on any atom is -0.439 e. The van der Waals surface area contributed by atoms with Crippen LogP contribution in [0.3, 0.4) is 0 Å². The van der Waals surface area contributed by atoms with Gasteiger partial charge in [-0.1, -0.05) is 0 Å². The Morgan fingerprint density at radius 2 is 2.11 bits per heavy atom. The number of non-ortho nitro benzene ring substituents is 1. The molecule has 1 aromatic carbocycles. The number of benzene rings is 1. The summed E-state index contributed by atoms with van der Waals surface area (Å²) in [5.41, 5.74) is 6.83. The van der Waals surface area contributed by atoms with Crippen molar-refractivity contribution in [2.75, 3.05) is 5.73 Å². The topological polar surface area (TPSA) is 91.3 Å². The maximum absolute atomic E-state index is 10.6. The molecule has 6 heteroatoms. The third-order valence-corrected chi connectivity index (χ3v) is 2.34. The zero-order chi connectivity index (χ0) is 13.1. The first kappa shape index (κ1) is 11.8. The molecule has 0 aliphatic carbocycles. The molecule has 92 valence electrons. The first-order valence-electron chi connectivity index (χ1n) is 5.20. The summed E-state index contributed by atoms with van der Waals surface area (Å²) in [5, 5.41) is 10.6. The lowest BCUT2D eigenvalue weighted by molar-refractivity contribution is -0.384. The van der Waals surface area contributed by atoms with Crippen LogP contribution in [0.1, 0.15) is 5.56 Å². The molecule has 0 amide bonds. The number of anilines is 1. The van der Waals surface area contributed by atoms with E-state index in [9.17, 15) is 10.1 Å². The molecule has 0 aliphatic rings. The summed E-state index contributed by atoms with van der Waals surface area (Å²) in [6, 6.07) is 7.60. The van der Waals surface area contributed by atoms with Gasteiger partial charge in [-0.05, 0) is 24.6 Å². The van der Waals surface area contributed by atoms with Gasteiger partial charge in [0.1, 0.15) is 5.75 Å². The Kier molecular flexibility index (Phi) is 3.09. The quantitative estimate of drug-likeness (QED) is 0.663. The summed E-state index contributed by atoms with van der Waals surface area (Å²) in [7, 11) is 0. The van der Waals surface area contributed by atoms with E-state index in [0.29, 0.717) is 22.9 Å². The van der Waals surface area contributed by atoms with E-state index in [-0.39, 0.29) is 5.69 Å². The van der Waals surface area contributed by atoms with Gasteiger partial charge < -0.3 is 10.5 Å². The van der Waals surface area contributed by atoms with Gasteiger partial charge in [0.15, 0.2) is 0 Å². The number of rotatable bonds is 3. The van der Waals surface area contributed by atoms with E-state index in [1.54, 1.807) is 25.1 Å². The molecule has 2 rings (SSSR count). The molecule has 0 bridgehead atoms. The van der Waals surface area contributed by atoms with Crippen molar-refractivity contribution in [3.8, 4) is 11.6 Å². The minimum absolute atomic E-state index is 0.0281. The second-order valence-corrected chi connectivity index (χ2v) is 3.74. The van der Waals surface area contributed by atoms with Crippen LogP contribution in [-0.2, 0) is 0 Å². The third kappa shape index (κ3) is 2.54. The van der Waals surface area contributed by atoms with Crippen molar-refractivity contribution >= 4 is 11.4 Å². The number of ether oxygens (including phenoxy) is 1. The number of hydrogen-bond donors (Lipinski definition) is 1. The first-order valence-corrected chi connectivity index (χ1v) is 5.20. The third-order valence-electron chi connectivity index (χ3n) is 2.34. The smallest absolute Gasteiger partial charge is 0.269 e. The number of pyridine rings is 1. The molecule has 6 nitrogen and oxygen atoms in total. The molecule has 18 heavy (non-hydrogen) atoms. The second kappa shape index (κ2) is 4.70. The SMILES string of the molecule is Cc1cc([N+](=O)[O-])ccc1Oc1cc(N)ccn1. The van der Waals surface area contributed by atoms with Crippen molar-refractivity contribution in [3.63, 3.8) is 0 Å². The Morgan fingerprint density at radius 1 is 1.33 bits per heavy atom. The van der Waals surface area contributed by atoms with Gasteiger partial charge in [0.2, 0.25) is 5.88 Å². The van der Waals surface area contributed by atoms with E-state index in [1.807, 2.05) is 0 Å². The monoisotopic (exact) mass is 245 g/mol. The Morgan fingerprint density at radius 3 is 2.72 bits per heavy atom. The lowest BCUT2D eigenvalue weighted by Gasteiger charge is -2.07. The highest BCUT2D eigenvalue weighted by Crippen LogP contribution is 2.27. The molecule has 0 atom stereocenters. The molecule has 1 aromatic heterocycles. The highest BCUT2D eigenvalue weighted by molar-refractivity contribution is 5.46. The Balaban J connectivity index is 2.27. The average molecular weight is 245 g/mol. The van der Waals surface area contributed by atoms with Gasteiger partial charge >= 0.3 is 0 Å². The number of hydrogen-bond acceptors (Lipinski definition) is 5. The molecule has 0 aliphatic heterocycles. The molecule has 0 radical (unpaired) electrons. The van der Waals surface area contributed by atoms with Gasteiger partial charge in [0, 0.05) is 30.1 Å². The van der Waals surface area contributed by atoms with Crippen LogP contribution in [0.5, 0.6) is 11.6 Å². The molecule has 0 saturated heterocycles. The van der Waals surface area contributed by atoms with Gasteiger partial charge in [-0.3, -0.25) is 10.1 Å². The zero-order valence-electron chi connectivity index (χ0n) is 9.66. The van der Waals surface area contributed by atoms with E-state index in [0.717, 1.165) is 0 Å². The summed E-state index contributed by atoms with van der Waals surface area (Å²) >= 11 is 0. The number of aromatic nitrogens is 1. The minimum atomic E-state index is -0.449. The lowest BCUT2D eigenvalue weighted by Crippen LogP contribution is -1.94. The highest BCUT2D eigenvalue weighted by Gasteiger charge is 2.09. The Bertz CT molecular complexity index is 599. The zero-order valence-corrected chi connectivity index (χ0v) is 9.66. The standard InChI is InChI=1S/C12H11N3O3/c1-8-6-10(15(16)17)2-3-11(8)18-12-7-9(13)4-5-14-12/h2-7H,1H3,(H2,13,14). The van der Waals surface area contributed by atoms with Crippen LogP contribution in [0.4, 0.5) is 11.4 Å². The van der Waals surface area contributed by atoms with Gasteiger partial charge in [-0.2, -0.15) is 0 Å². The molecular formula is C12H11N3O3. The van der Waals surface area contributed by atoms with Crippen LogP contribution in [0, 0.1) is 17.0 Å². The highest BCUT2D eigenvalue weighted by atomic mass is 16.6.